The maximum Gasteiger partial charge on any atom is 0.305 e. The number of aliphatic hydroxyl groups is 2. The number of carbonyl (C=O) groups is 2. The largest absolute Gasteiger partial charge is 0.466 e. The van der Waals surface area contributed by atoms with Gasteiger partial charge in [-0.05, 0) is 89.9 Å². The molecule has 0 saturated carbocycles. The molecule has 66 heavy (non-hydrogen) atoms. The number of amides is 1. The lowest BCUT2D eigenvalue weighted by molar-refractivity contribution is -0.143. The van der Waals surface area contributed by atoms with Gasteiger partial charge >= 0.3 is 5.97 Å². The molecule has 6 heteroatoms. The number of hydrogen-bond acceptors (Lipinski definition) is 5. The average molecular weight is 927 g/mol. The van der Waals surface area contributed by atoms with Crippen LogP contribution in [0, 0.1) is 0 Å². The highest BCUT2D eigenvalue weighted by atomic mass is 16.5. The lowest BCUT2D eigenvalue weighted by atomic mass is 10.0. The first-order valence-electron chi connectivity index (χ1n) is 28.9. The predicted molar refractivity (Wildman–Crippen MR) is 287 cm³/mol. The van der Waals surface area contributed by atoms with Crippen LogP contribution < -0.4 is 5.32 Å². The molecule has 0 aliphatic heterocycles. The van der Waals surface area contributed by atoms with Crippen molar-refractivity contribution in [2.45, 2.75) is 309 Å². The maximum atomic E-state index is 12.5. The van der Waals surface area contributed by atoms with Crippen LogP contribution in [-0.4, -0.2) is 47.4 Å². The van der Waals surface area contributed by atoms with Gasteiger partial charge < -0.3 is 20.3 Å². The first-order chi connectivity index (χ1) is 32.5. The minimum absolute atomic E-state index is 0.0220. The third-order valence-electron chi connectivity index (χ3n) is 13.1. The summed E-state index contributed by atoms with van der Waals surface area (Å²) in [4.78, 5) is 24.5. The molecular weight excluding hydrogens is 815 g/mol. The lowest BCUT2D eigenvalue weighted by Gasteiger charge is -2.19. The van der Waals surface area contributed by atoms with E-state index in [4.69, 9.17) is 4.74 Å². The third-order valence-corrected chi connectivity index (χ3v) is 13.1. The molecule has 0 aromatic rings. The fourth-order valence-electron chi connectivity index (χ4n) is 8.60. The molecule has 0 aliphatic carbocycles. The molecule has 1 amide bonds. The topological polar surface area (TPSA) is 95.9 Å². The van der Waals surface area contributed by atoms with Crippen molar-refractivity contribution >= 4 is 11.9 Å². The number of unbranched alkanes of at least 4 members (excludes halogenated alkanes) is 36. The second kappa shape index (κ2) is 55.4. The molecule has 2 unspecified atom stereocenters. The minimum atomic E-state index is -0.863. The van der Waals surface area contributed by atoms with Crippen LogP contribution in [0.15, 0.2) is 48.6 Å². The van der Waals surface area contributed by atoms with Crippen LogP contribution in [0.2, 0.25) is 0 Å². The Labute approximate surface area is 410 Å². The Kier molecular flexibility index (Phi) is 53.6. The van der Waals surface area contributed by atoms with Gasteiger partial charge in [0.1, 0.15) is 0 Å². The molecule has 2 atom stereocenters. The Morgan fingerprint density at radius 2 is 0.758 bits per heavy atom. The summed E-state index contributed by atoms with van der Waals surface area (Å²) < 4.78 is 5.46. The van der Waals surface area contributed by atoms with E-state index in [9.17, 15) is 19.8 Å². The molecule has 0 spiro atoms. The summed E-state index contributed by atoms with van der Waals surface area (Å²) >= 11 is 0. The Bertz CT molecular complexity index is 1110. The molecule has 3 N–H and O–H groups in total. The molecule has 0 radical (unpaired) electrons. The van der Waals surface area contributed by atoms with Crippen molar-refractivity contribution < 1.29 is 24.5 Å². The van der Waals surface area contributed by atoms with Crippen molar-refractivity contribution in [2.24, 2.45) is 0 Å². The van der Waals surface area contributed by atoms with E-state index in [2.05, 4.69) is 55.6 Å². The van der Waals surface area contributed by atoms with Crippen molar-refractivity contribution in [1.82, 2.24) is 5.32 Å². The number of hydrogen-bond donors (Lipinski definition) is 3. The first kappa shape index (κ1) is 63.8. The summed E-state index contributed by atoms with van der Waals surface area (Å²) in [6, 6.07) is -0.650. The smallest absolute Gasteiger partial charge is 0.305 e. The molecule has 0 aromatic heterocycles. The number of allylic oxidation sites excluding steroid dienone is 7. The van der Waals surface area contributed by atoms with Gasteiger partial charge in [0.25, 0.3) is 0 Å². The fraction of sp³-hybridized carbons (Fsp3) is 0.833. The second-order valence-electron chi connectivity index (χ2n) is 19.6. The van der Waals surface area contributed by atoms with Gasteiger partial charge in [-0.25, -0.2) is 0 Å². The molecule has 0 aromatic carbocycles. The molecule has 0 fully saturated rings. The Morgan fingerprint density at radius 1 is 0.424 bits per heavy atom. The molecular formula is C60H111NO5. The molecule has 386 valence electrons. The maximum absolute atomic E-state index is 12.5. The van der Waals surface area contributed by atoms with Crippen LogP contribution in [0.3, 0.4) is 0 Å². The molecule has 0 rings (SSSR count). The fourth-order valence-corrected chi connectivity index (χ4v) is 8.60. The van der Waals surface area contributed by atoms with E-state index in [-0.39, 0.29) is 18.5 Å². The highest BCUT2D eigenvalue weighted by Crippen LogP contribution is 2.16. The monoisotopic (exact) mass is 926 g/mol. The van der Waals surface area contributed by atoms with Crippen LogP contribution in [0.1, 0.15) is 296 Å². The van der Waals surface area contributed by atoms with E-state index < -0.39 is 12.1 Å². The zero-order valence-electron chi connectivity index (χ0n) is 43.9. The summed E-state index contributed by atoms with van der Waals surface area (Å²) in [5.41, 5.74) is 0. The quantitative estimate of drug-likeness (QED) is 0.0321. The highest BCUT2D eigenvalue weighted by Gasteiger charge is 2.18. The van der Waals surface area contributed by atoms with Gasteiger partial charge in [-0.15, -0.1) is 0 Å². The van der Waals surface area contributed by atoms with Crippen molar-refractivity contribution in [1.29, 1.82) is 0 Å². The van der Waals surface area contributed by atoms with Crippen molar-refractivity contribution in [3.8, 4) is 0 Å². The van der Waals surface area contributed by atoms with Gasteiger partial charge in [-0.3, -0.25) is 9.59 Å². The highest BCUT2D eigenvalue weighted by molar-refractivity contribution is 5.76. The Balaban J connectivity index is 3.53. The lowest BCUT2D eigenvalue weighted by Crippen LogP contribution is -2.45. The summed E-state index contributed by atoms with van der Waals surface area (Å²) in [5.74, 6) is -0.120. The third kappa shape index (κ3) is 51.2. The Morgan fingerprint density at radius 3 is 1.21 bits per heavy atom. The van der Waals surface area contributed by atoms with Crippen molar-refractivity contribution in [2.75, 3.05) is 13.2 Å². The standard InChI is InChI=1S/C60H111NO5/c1-3-5-7-9-11-13-15-17-19-21-22-24-25-28-32-36-40-44-48-52-58(63)57(56-62)61-59(64)53-49-45-41-37-33-29-27-31-35-39-43-47-51-55-66-60(65)54-50-46-42-38-34-30-26-23-20-18-16-14-12-10-8-6-4-2/h12,14,18,20,29,33,48,52,57-58,62-63H,3-11,13,15-17,19,21-28,30-32,34-47,49-51,53-56H2,1-2H3,(H,61,64)/b14-12-,20-18-,33-29-,52-48+. The summed E-state index contributed by atoms with van der Waals surface area (Å²) in [6.07, 6.45) is 69.8. The summed E-state index contributed by atoms with van der Waals surface area (Å²) in [5, 5.41) is 23.1. The number of rotatable bonds is 53. The number of aliphatic hydroxyl groups excluding tert-OH is 2. The molecule has 0 bridgehead atoms. The normalized spacial score (nSPS) is 13.0. The van der Waals surface area contributed by atoms with Crippen LogP contribution in [-0.2, 0) is 14.3 Å². The van der Waals surface area contributed by atoms with Gasteiger partial charge in [0.2, 0.25) is 5.91 Å². The average Bonchev–Trinajstić information content (AvgIpc) is 3.32. The van der Waals surface area contributed by atoms with E-state index in [0.29, 0.717) is 19.4 Å². The molecule has 0 aliphatic rings. The van der Waals surface area contributed by atoms with Crippen LogP contribution >= 0.6 is 0 Å². The van der Waals surface area contributed by atoms with Crippen LogP contribution in [0.25, 0.3) is 0 Å². The van der Waals surface area contributed by atoms with E-state index in [0.717, 1.165) is 77.0 Å². The second-order valence-corrected chi connectivity index (χ2v) is 19.6. The van der Waals surface area contributed by atoms with Crippen LogP contribution in [0.5, 0.6) is 0 Å². The van der Waals surface area contributed by atoms with Gasteiger partial charge in [0.15, 0.2) is 0 Å². The van der Waals surface area contributed by atoms with Gasteiger partial charge in [-0.1, -0.05) is 242 Å². The van der Waals surface area contributed by atoms with Gasteiger partial charge in [0.05, 0.1) is 25.4 Å². The van der Waals surface area contributed by atoms with Crippen molar-refractivity contribution in [3.05, 3.63) is 48.6 Å². The SMILES string of the molecule is CCCCC/C=C\C/C=C\CCCCCCCCCC(=O)OCCCCCCCC/C=C\CCCCCC(=O)NC(CO)C(O)/C=C/CCCCCCCCCCCCCCCCCCC. The minimum Gasteiger partial charge on any atom is -0.466 e. The van der Waals surface area contributed by atoms with Crippen LogP contribution in [0.4, 0.5) is 0 Å². The van der Waals surface area contributed by atoms with Crippen molar-refractivity contribution in [3.63, 3.8) is 0 Å². The summed E-state index contributed by atoms with van der Waals surface area (Å²) in [7, 11) is 0. The van der Waals surface area contributed by atoms with Gasteiger partial charge in [-0.2, -0.15) is 0 Å². The molecule has 0 saturated heterocycles. The van der Waals surface area contributed by atoms with E-state index >= 15 is 0 Å². The van der Waals surface area contributed by atoms with Gasteiger partial charge in [0, 0.05) is 12.8 Å². The van der Waals surface area contributed by atoms with E-state index in [1.807, 2.05) is 6.08 Å². The zero-order chi connectivity index (χ0) is 47.9. The first-order valence-corrected chi connectivity index (χ1v) is 28.9. The van der Waals surface area contributed by atoms with E-state index in [1.165, 1.54) is 193 Å². The van der Waals surface area contributed by atoms with E-state index in [1.54, 1.807) is 6.08 Å². The summed E-state index contributed by atoms with van der Waals surface area (Å²) in [6.45, 7) is 4.84. The number of nitrogens with one attached hydrogen (secondary N) is 1. The zero-order valence-corrected chi connectivity index (χ0v) is 43.9. The number of esters is 1. The molecule has 0 heterocycles. The number of ether oxygens (including phenoxy) is 1. The number of carbonyl (C=O) groups excluding carboxylic acids is 2. The molecule has 6 nitrogen and oxygen atoms in total. The predicted octanol–water partition coefficient (Wildman–Crippen LogP) is 17.8. The Hall–Kier alpha value is -2.18.